The minimum absolute atomic E-state index is 0.118. The fourth-order valence-electron chi connectivity index (χ4n) is 1.46. The monoisotopic (exact) mass is 293 g/mol. The summed E-state index contributed by atoms with van der Waals surface area (Å²) >= 11 is 1.37. The molecule has 2 N–H and O–H groups in total. The third-order valence-electron chi connectivity index (χ3n) is 2.49. The number of nitrogens with one attached hydrogen (secondary N) is 1. The van der Waals surface area contributed by atoms with Crippen molar-refractivity contribution in [2.45, 2.75) is 23.1 Å². The molecule has 0 bridgehead atoms. The van der Waals surface area contributed by atoms with Crippen molar-refractivity contribution in [1.29, 1.82) is 0 Å². The quantitative estimate of drug-likeness (QED) is 0.827. The first-order valence-electron chi connectivity index (χ1n) is 5.32. The third kappa shape index (κ3) is 3.94. The first-order valence-corrected chi connectivity index (χ1v) is 8.09. The number of aliphatic hydroxyl groups excluding tert-OH is 1. The average Bonchev–Trinajstić information content (AvgIpc) is 2.30. The minimum atomic E-state index is -3.76. The molecule has 0 aromatic heterocycles. The van der Waals surface area contributed by atoms with Gasteiger partial charge in [0, 0.05) is 11.3 Å². The van der Waals surface area contributed by atoms with E-state index in [1.807, 2.05) is 0 Å². The highest BCUT2D eigenvalue weighted by atomic mass is 32.2. The van der Waals surface area contributed by atoms with Crippen LogP contribution in [0.2, 0.25) is 0 Å². The van der Waals surface area contributed by atoms with Gasteiger partial charge in [0.05, 0.1) is 11.5 Å². The highest BCUT2D eigenvalue weighted by Gasteiger charge is 2.23. The SMILES string of the molecule is CSC(CO)C(C)NS(=O)(=O)c1cccc(F)c1. The fraction of sp³-hybridized carbons (Fsp3) is 0.455. The molecule has 1 aromatic rings. The molecule has 0 amide bonds. The predicted molar refractivity (Wildman–Crippen MR) is 70.6 cm³/mol. The maximum absolute atomic E-state index is 13.0. The Labute approximate surface area is 111 Å². The summed E-state index contributed by atoms with van der Waals surface area (Å²) in [7, 11) is -3.76. The van der Waals surface area contributed by atoms with Crippen LogP contribution in [0.15, 0.2) is 29.2 Å². The zero-order chi connectivity index (χ0) is 13.8. The second kappa shape index (κ2) is 6.51. The van der Waals surface area contributed by atoms with Gasteiger partial charge in [-0.3, -0.25) is 0 Å². The Morgan fingerprint density at radius 1 is 1.50 bits per heavy atom. The molecule has 18 heavy (non-hydrogen) atoms. The number of thioether (sulfide) groups is 1. The van der Waals surface area contributed by atoms with Gasteiger partial charge in [0.1, 0.15) is 5.82 Å². The molecule has 0 fully saturated rings. The summed E-state index contributed by atoms with van der Waals surface area (Å²) in [6.45, 7) is 1.53. The van der Waals surface area contributed by atoms with E-state index in [1.54, 1.807) is 13.2 Å². The summed E-state index contributed by atoms with van der Waals surface area (Å²) in [4.78, 5) is -0.118. The molecule has 0 heterocycles. The summed E-state index contributed by atoms with van der Waals surface area (Å²) in [5.74, 6) is -0.603. The van der Waals surface area contributed by atoms with Gasteiger partial charge in [-0.25, -0.2) is 17.5 Å². The van der Waals surface area contributed by atoms with Gasteiger partial charge < -0.3 is 5.11 Å². The van der Waals surface area contributed by atoms with Gasteiger partial charge in [-0.05, 0) is 31.4 Å². The fourth-order valence-corrected chi connectivity index (χ4v) is 3.49. The Morgan fingerprint density at radius 3 is 2.67 bits per heavy atom. The molecule has 0 saturated heterocycles. The number of rotatable bonds is 6. The molecule has 1 rings (SSSR count). The van der Waals surface area contributed by atoms with E-state index in [4.69, 9.17) is 5.11 Å². The Balaban J connectivity index is 2.89. The number of halogens is 1. The summed E-state index contributed by atoms with van der Waals surface area (Å²) in [6.07, 6.45) is 1.79. The van der Waals surface area contributed by atoms with Crippen LogP contribution in [0.1, 0.15) is 6.92 Å². The van der Waals surface area contributed by atoms with Gasteiger partial charge in [-0.1, -0.05) is 6.07 Å². The van der Waals surface area contributed by atoms with E-state index < -0.39 is 21.9 Å². The van der Waals surface area contributed by atoms with E-state index in [1.165, 1.54) is 30.0 Å². The molecule has 2 unspecified atom stereocenters. The Hall–Kier alpha value is -0.630. The molecule has 2 atom stereocenters. The van der Waals surface area contributed by atoms with Crippen molar-refractivity contribution in [2.24, 2.45) is 0 Å². The van der Waals surface area contributed by atoms with E-state index in [9.17, 15) is 12.8 Å². The van der Waals surface area contributed by atoms with Crippen molar-refractivity contribution in [2.75, 3.05) is 12.9 Å². The highest BCUT2D eigenvalue weighted by molar-refractivity contribution is 7.99. The zero-order valence-corrected chi connectivity index (χ0v) is 11.8. The van der Waals surface area contributed by atoms with Crippen LogP contribution in [0.3, 0.4) is 0 Å². The second-order valence-electron chi connectivity index (χ2n) is 3.82. The van der Waals surface area contributed by atoms with Crippen LogP contribution >= 0.6 is 11.8 Å². The molecule has 0 aliphatic carbocycles. The smallest absolute Gasteiger partial charge is 0.240 e. The zero-order valence-electron chi connectivity index (χ0n) is 10.1. The van der Waals surface area contributed by atoms with Crippen LogP contribution in [0.4, 0.5) is 4.39 Å². The van der Waals surface area contributed by atoms with E-state index in [0.29, 0.717) is 0 Å². The predicted octanol–water partition coefficient (Wildman–Crippen LogP) is 1.22. The standard InChI is InChI=1S/C11H16FNO3S2/c1-8(11(7-14)17-2)13-18(15,16)10-5-3-4-9(12)6-10/h3-6,8,11,13-14H,7H2,1-2H3. The maximum Gasteiger partial charge on any atom is 0.240 e. The van der Waals surface area contributed by atoms with Gasteiger partial charge in [0.2, 0.25) is 10.0 Å². The number of hydrogen-bond acceptors (Lipinski definition) is 4. The van der Waals surface area contributed by atoms with Crippen molar-refractivity contribution in [3.63, 3.8) is 0 Å². The molecule has 0 aliphatic heterocycles. The number of benzene rings is 1. The lowest BCUT2D eigenvalue weighted by Crippen LogP contribution is -2.41. The van der Waals surface area contributed by atoms with Gasteiger partial charge in [-0.15, -0.1) is 0 Å². The lowest BCUT2D eigenvalue weighted by molar-refractivity contribution is 0.282. The number of aliphatic hydroxyl groups is 1. The molecule has 102 valence electrons. The van der Waals surface area contributed by atoms with Crippen molar-refractivity contribution in [3.8, 4) is 0 Å². The lowest BCUT2D eigenvalue weighted by atomic mass is 10.3. The van der Waals surface area contributed by atoms with Crippen LogP contribution in [-0.4, -0.2) is 37.7 Å². The molecular formula is C11H16FNO3S2. The minimum Gasteiger partial charge on any atom is -0.395 e. The topological polar surface area (TPSA) is 66.4 Å². The first kappa shape index (κ1) is 15.4. The second-order valence-corrected chi connectivity index (χ2v) is 6.61. The summed E-state index contributed by atoms with van der Waals surface area (Å²) < 4.78 is 39.3. The van der Waals surface area contributed by atoms with Crippen molar-refractivity contribution >= 4 is 21.8 Å². The van der Waals surface area contributed by atoms with Gasteiger partial charge >= 0.3 is 0 Å². The Kier molecular flexibility index (Phi) is 5.58. The van der Waals surface area contributed by atoms with E-state index in [-0.39, 0.29) is 16.8 Å². The summed E-state index contributed by atoms with van der Waals surface area (Å²) in [6, 6.07) is 4.36. The van der Waals surface area contributed by atoms with Crippen LogP contribution in [0, 0.1) is 5.82 Å². The molecule has 7 heteroatoms. The van der Waals surface area contributed by atoms with Gasteiger partial charge in [-0.2, -0.15) is 11.8 Å². The lowest BCUT2D eigenvalue weighted by Gasteiger charge is -2.21. The Bertz CT molecular complexity index is 489. The molecular weight excluding hydrogens is 277 g/mol. The molecule has 1 aromatic carbocycles. The van der Waals surface area contributed by atoms with Crippen molar-refractivity contribution in [1.82, 2.24) is 4.72 Å². The molecule has 4 nitrogen and oxygen atoms in total. The average molecular weight is 293 g/mol. The Morgan fingerprint density at radius 2 is 2.17 bits per heavy atom. The normalized spacial score (nSPS) is 15.3. The number of hydrogen-bond donors (Lipinski definition) is 2. The van der Waals surface area contributed by atoms with E-state index >= 15 is 0 Å². The van der Waals surface area contributed by atoms with Crippen molar-refractivity contribution in [3.05, 3.63) is 30.1 Å². The van der Waals surface area contributed by atoms with E-state index in [2.05, 4.69) is 4.72 Å². The summed E-state index contributed by atoms with van der Waals surface area (Å²) in [5, 5.41) is 8.85. The maximum atomic E-state index is 13.0. The van der Waals surface area contributed by atoms with Gasteiger partial charge in [0.15, 0.2) is 0 Å². The first-order chi connectivity index (χ1) is 8.40. The van der Waals surface area contributed by atoms with Crippen LogP contribution in [-0.2, 0) is 10.0 Å². The van der Waals surface area contributed by atoms with Crippen molar-refractivity contribution < 1.29 is 17.9 Å². The largest absolute Gasteiger partial charge is 0.395 e. The van der Waals surface area contributed by atoms with E-state index in [0.717, 1.165) is 6.07 Å². The van der Waals surface area contributed by atoms with Crippen LogP contribution < -0.4 is 4.72 Å². The molecule has 0 aliphatic rings. The molecule has 0 saturated carbocycles. The number of sulfonamides is 1. The van der Waals surface area contributed by atoms with Gasteiger partial charge in [0.25, 0.3) is 0 Å². The third-order valence-corrected chi connectivity index (χ3v) is 5.21. The molecule has 0 radical (unpaired) electrons. The van der Waals surface area contributed by atoms with Crippen LogP contribution in [0.5, 0.6) is 0 Å². The van der Waals surface area contributed by atoms with Crippen LogP contribution in [0.25, 0.3) is 0 Å². The molecule has 0 spiro atoms. The summed E-state index contributed by atoms with van der Waals surface area (Å²) in [5.41, 5.74) is 0. The highest BCUT2D eigenvalue weighted by Crippen LogP contribution is 2.15.